The Morgan fingerprint density at radius 3 is 2.47 bits per heavy atom. The molecule has 3 heterocycles. The van der Waals surface area contributed by atoms with Crippen molar-refractivity contribution in [2.45, 2.75) is 36.5 Å². The Hall–Kier alpha value is -4.10. The third kappa shape index (κ3) is 4.45. The summed E-state index contributed by atoms with van der Waals surface area (Å²) in [7, 11) is 0. The zero-order valence-electron chi connectivity index (χ0n) is 19.0. The number of aryl methyl sites for hydroxylation is 2. The van der Waals surface area contributed by atoms with Crippen LogP contribution in [0.3, 0.4) is 0 Å². The summed E-state index contributed by atoms with van der Waals surface area (Å²) in [5.74, 6) is -5.44. The van der Waals surface area contributed by atoms with Crippen LogP contribution in [-0.2, 0) is 4.79 Å². The third-order valence-corrected chi connectivity index (χ3v) is 7.28. The van der Waals surface area contributed by atoms with Gasteiger partial charge in [-0.15, -0.1) is 11.8 Å². The van der Waals surface area contributed by atoms with E-state index in [4.69, 9.17) is 9.52 Å². The van der Waals surface area contributed by atoms with Gasteiger partial charge in [0.25, 0.3) is 0 Å². The van der Waals surface area contributed by atoms with Crippen LogP contribution in [0, 0.1) is 13.8 Å². The summed E-state index contributed by atoms with van der Waals surface area (Å²) in [6.07, 6.45) is 0.305. The lowest BCUT2D eigenvalue weighted by atomic mass is 10.1. The van der Waals surface area contributed by atoms with Gasteiger partial charge in [-0.3, -0.25) is 4.79 Å². The number of thioether (sulfide) groups is 1. The molecule has 2 aromatic heterocycles. The van der Waals surface area contributed by atoms with Crippen LogP contribution in [0.25, 0.3) is 5.52 Å². The van der Waals surface area contributed by atoms with Crippen molar-refractivity contribution in [1.29, 1.82) is 0 Å². The van der Waals surface area contributed by atoms with E-state index in [-0.39, 0.29) is 38.5 Å². The van der Waals surface area contributed by atoms with Gasteiger partial charge < -0.3 is 30.4 Å². The number of aromatic nitrogens is 1. The Morgan fingerprint density at radius 2 is 1.83 bits per heavy atom. The first-order valence-electron chi connectivity index (χ1n) is 10.7. The number of hydrogen-bond acceptors (Lipinski definition) is 8. The minimum atomic E-state index is -1.42. The van der Waals surface area contributed by atoms with Gasteiger partial charge in [0.2, 0.25) is 5.91 Å². The summed E-state index contributed by atoms with van der Waals surface area (Å²) in [6, 6.07) is 5.18. The average Bonchev–Trinajstić information content (AvgIpc) is 3.38. The Labute approximate surface area is 206 Å². The van der Waals surface area contributed by atoms with Crippen molar-refractivity contribution in [3.63, 3.8) is 0 Å². The van der Waals surface area contributed by atoms with E-state index in [1.165, 1.54) is 32.0 Å². The van der Waals surface area contributed by atoms with Crippen LogP contribution >= 0.6 is 11.8 Å². The molecule has 3 aromatic rings. The van der Waals surface area contributed by atoms with Gasteiger partial charge in [-0.2, -0.15) is 0 Å². The molecule has 12 nitrogen and oxygen atoms in total. The minimum Gasteiger partial charge on any atom is -0.478 e. The van der Waals surface area contributed by atoms with Crippen molar-refractivity contribution >= 4 is 46.8 Å². The number of amides is 1. The van der Waals surface area contributed by atoms with Gasteiger partial charge in [-0.25, -0.2) is 23.6 Å². The fourth-order valence-electron chi connectivity index (χ4n) is 4.25. The number of fused-ring (bicyclic) bond motifs is 1. The average molecular weight is 516 g/mol. The van der Waals surface area contributed by atoms with Crippen molar-refractivity contribution in [3.8, 4) is 0 Å². The molecule has 5 N–H and O–H groups in total. The summed E-state index contributed by atoms with van der Waals surface area (Å²) in [4.78, 5) is 60.6. The molecule has 0 bridgehead atoms. The first-order chi connectivity index (χ1) is 17.0. The van der Waals surface area contributed by atoms with Crippen LogP contribution in [0.1, 0.15) is 48.9 Å². The molecule has 4 rings (SSSR count). The van der Waals surface area contributed by atoms with E-state index in [0.29, 0.717) is 24.2 Å². The van der Waals surface area contributed by atoms with Gasteiger partial charge in [0.15, 0.2) is 5.69 Å². The first-order valence-corrected chi connectivity index (χ1v) is 11.6. The number of carbonyl (C=O) groups excluding carboxylic acids is 1. The number of nitrogens with one attached hydrogen (secondary N) is 2. The quantitative estimate of drug-likeness (QED) is 0.310. The molecule has 1 amide bonds. The van der Waals surface area contributed by atoms with Crippen LogP contribution in [0.2, 0.25) is 0 Å². The molecule has 1 aromatic carbocycles. The maximum Gasteiger partial charge on any atom is 0.424 e. The second-order valence-electron chi connectivity index (χ2n) is 8.21. The van der Waals surface area contributed by atoms with Gasteiger partial charge in [-0.05, 0) is 44.0 Å². The number of rotatable bonds is 7. The van der Waals surface area contributed by atoms with Crippen molar-refractivity contribution in [2.24, 2.45) is 0 Å². The van der Waals surface area contributed by atoms with Crippen molar-refractivity contribution in [1.82, 2.24) is 9.72 Å². The number of anilines is 1. The number of carbonyl (C=O) groups is 4. The zero-order chi connectivity index (χ0) is 26.3. The number of carboxylic acid groups (broad SMARTS) is 3. The van der Waals surface area contributed by atoms with E-state index in [1.54, 1.807) is 6.07 Å². The van der Waals surface area contributed by atoms with Crippen molar-refractivity contribution in [3.05, 3.63) is 63.0 Å². The first kappa shape index (κ1) is 25.0. The van der Waals surface area contributed by atoms with E-state index >= 15 is 0 Å². The lowest BCUT2D eigenvalue weighted by Crippen LogP contribution is -2.35. The van der Waals surface area contributed by atoms with E-state index in [0.717, 1.165) is 16.2 Å². The predicted molar refractivity (Wildman–Crippen MR) is 127 cm³/mol. The van der Waals surface area contributed by atoms with E-state index in [2.05, 4.69) is 10.6 Å². The summed E-state index contributed by atoms with van der Waals surface area (Å²) >= 11 is 1.13. The Morgan fingerprint density at radius 1 is 1.11 bits per heavy atom. The second-order valence-corrected chi connectivity index (χ2v) is 9.52. The van der Waals surface area contributed by atoms with Crippen LogP contribution in [0.15, 0.2) is 38.4 Å². The molecule has 0 saturated carbocycles. The summed E-state index contributed by atoms with van der Waals surface area (Å²) < 4.78 is 5.75. The summed E-state index contributed by atoms with van der Waals surface area (Å²) in [5, 5.41) is 34.1. The number of benzene rings is 1. The second kappa shape index (κ2) is 9.51. The van der Waals surface area contributed by atoms with Gasteiger partial charge in [0.05, 0.1) is 17.1 Å². The monoisotopic (exact) mass is 515 g/mol. The molecule has 0 unspecified atom stereocenters. The molecule has 1 aliphatic rings. The lowest BCUT2D eigenvalue weighted by molar-refractivity contribution is -0.117. The lowest BCUT2D eigenvalue weighted by Gasteiger charge is -2.12. The molecular weight excluding hydrogens is 494 g/mol. The molecule has 13 heteroatoms. The largest absolute Gasteiger partial charge is 0.478 e. The highest BCUT2D eigenvalue weighted by Gasteiger charge is 2.34. The predicted octanol–water partition coefficient (Wildman–Crippen LogP) is 2.07. The molecule has 0 aliphatic carbocycles. The normalized spacial score (nSPS) is 17.3. The van der Waals surface area contributed by atoms with E-state index in [9.17, 15) is 34.2 Å². The standard InChI is InChI=1S/C23H21N3O9S/c1-9-16-15(21(30)31)10(2)35-23(34)26(16)17(22(32)33)18(9)36-13-7-14(24-8-13)19(27)25-12-5-3-4-11(6-12)20(28)29/h3-6,13-14,24H,7-8H2,1-2H3,(H,25,27)(H,28,29)(H,30,31)(H,32,33)/t13-,14-/m0/s1. The SMILES string of the molecule is Cc1oc(=O)n2c(C(=O)O)c(S[C@@H]3CN[C@H](C(=O)Nc4cccc(C(=O)O)c4)C3)c(C)c2c1C(=O)O. The maximum atomic E-state index is 12.7. The van der Waals surface area contributed by atoms with Gasteiger partial charge in [0.1, 0.15) is 11.3 Å². The molecule has 0 radical (unpaired) electrons. The fourth-order valence-corrected chi connectivity index (χ4v) is 5.62. The Balaban J connectivity index is 1.61. The Kier molecular flexibility index (Phi) is 6.61. The molecule has 0 spiro atoms. The van der Waals surface area contributed by atoms with Gasteiger partial charge in [-0.1, -0.05) is 6.07 Å². The van der Waals surface area contributed by atoms with Crippen LogP contribution in [-0.4, -0.2) is 61.4 Å². The zero-order valence-corrected chi connectivity index (χ0v) is 19.8. The molecule has 188 valence electrons. The topological polar surface area (TPSA) is 188 Å². The number of aromatic carboxylic acids is 3. The van der Waals surface area contributed by atoms with Crippen molar-refractivity contribution in [2.75, 3.05) is 11.9 Å². The third-order valence-electron chi connectivity index (χ3n) is 5.85. The molecule has 1 aliphatic heterocycles. The molecule has 1 fully saturated rings. The number of carboxylic acids is 3. The minimum absolute atomic E-state index is 0.0264. The molecule has 2 atom stereocenters. The summed E-state index contributed by atoms with van der Waals surface area (Å²) in [6.45, 7) is 3.19. The Bertz CT molecular complexity index is 1490. The van der Waals surface area contributed by atoms with Crippen LogP contribution in [0.4, 0.5) is 5.69 Å². The van der Waals surface area contributed by atoms with Crippen LogP contribution < -0.4 is 16.4 Å². The van der Waals surface area contributed by atoms with Crippen molar-refractivity contribution < 1.29 is 38.9 Å². The van der Waals surface area contributed by atoms with E-state index < -0.39 is 35.4 Å². The summed E-state index contributed by atoms with van der Waals surface area (Å²) in [5.41, 5.74) is -0.0878. The highest BCUT2D eigenvalue weighted by molar-refractivity contribution is 8.00. The molecule has 36 heavy (non-hydrogen) atoms. The number of hydrogen-bond donors (Lipinski definition) is 5. The number of nitrogens with zero attached hydrogens (tertiary/aromatic N) is 1. The van der Waals surface area contributed by atoms with Crippen LogP contribution in [0.5, 0.6) is 0 Å². The molecule has 1 saturated heterocycles. The van der Waals surface area contributed by atoms with Gasteiger partial charge in [0, 0.05) is 22.4 Å². The highest BCUT2D eigenvalue weighted by atomic mass is 32.2. The molecular formula is C23H21N3O9S. The highest BCUT2D eigenvalue weighted by Crippen LogP contribution is 2.38. The maximum absolute atomic E-state index is 12.7. The fraction of sp³-hybridized carbons (Fsp3) is 0.261. The van der Waals surface area contributed by atoms with Gasteiger partial charge >= 0.3 is 23.7 Å². The van der Waals surface area contributed by atoms with E-state index in [1.807, 2.05) is 0 Å². The smallest absolute Gasteiger partial charge is 0.424 e.